The number of benzene rings is 1. The average molecular weight is 219 g/mol. The molecule has 2 unspecified atom stereocenters. The molecule has 1 aromatic rings. The molecule has 0 amide bonds. The smallest absolute Gasteiger partial charge is 0.0580 e. The predicted octanol–water partition coefficient (Wildman–Crippen LogP) is 2.25. The Morgan fingerprint density at radius 1 is 1.25 bits per heavy atom. The second kappa shape index (κ2) is 5.46. The minimum atomic E-state index is -0.0782. The van der Waals surface area contributed by atoms with Crippen LogP contribution in [-0.2, 0) is 6.54 Å². The summed E-state index contributed by atoms with van der Waals surface area (Å²) in [4.78, 5) is 0. The summed E-state index contributed by atoms with van der Waals surface area (Å²) in [5, 5.41) is 13.1. The van der Waals surface area contributed by atoms with E-state index in [2.05, 4.69) is 36.5 Å². The Kier molecular flexibility index (Phi) is 3.97. The zero-order valence-electron chi connectivity index (χ0n) is 9.95. The zero-order chi connectivity index (χ0) is 11.4. The van der Waals surface area contributed by atoms with Gasteiger partial charge in [-0.05, 0) is 31.2 Å². The van der Waals surface area contributed by atoms with Crippen LogP contribution in [0, 0.1) is 12.8 Å². The molecular weight excluding hydrogens is 198 g/mol. The van der Waals surface area contributed by atoms with Gasteiger partial charge in [-0.1, -0.05) is 36.2 Å². The summed E-state index contributed by atoms with van der Waals surface area (Å²) in [6.45, 7) is 3.95. The van der Waals surface area contributed by atoms with Crippen molar-refractivity contribution in [2.75, 3.05) is 6.54 Å². The molecule has 0 aliphatic heterocycles. The molecule has 2 heteroatoms. The van der Waals surface area contributed by atoms with Gasteiger partial charge in [0.25, 0.3) is 0 Å². The van der Waals surface area contributed by atoms with Gasteiger partial charge in [0.05, 0.1) is 6.10 Å². The van der Waals surface area contributed by atoms with Crippen LogP contribution in [0.15, 0.2) is 24.3 Å². The zero-order valence-corrected chi connectivity index (χ0v) is 9.95. The van der Waals surface area contributed by atoms with Crippen LogP contribution in [0.25, 0.3) is 0 Å². The Balaban J connectivity index is 1.73. The van der Waals surface area contributed by atoms with E-state index in [0.717, 1.165) is 19.5 Å². The second-order valence-corrected chi connectivity index (χ2v) is 4.87. The summed E-state index contributed by atoms with van der Waals surface area (Å²) >= 11 is 0. The highest BCUT2D eigenvalue weighted by Crippen LogP contribution is 2.24. The van der Waals surface area contributed by atoms with Crippen LogP contribution in [0.5, 0.6) is 0 Å². The molecule has 0 radical (unpaired) electrons. The minimum absolute atomic E-state index is 0.0782. The molecule has 88 valence electrons. The second-order valence-electron chi connectivity index (χ2n) is 4.87. The molecule has 2 atom stereocenters. The molecule has 1 fully saturated rings. The van der Waals surface area contributed by atoms with Crippen molar-refractivity contribution in [3.05, 3.63) is 35.4 Å². The Labute approximate surface area is 97.7 Å². The molecule has 0 spiro atoms. The largest absolute Gasteiger partial charge is 0.393 e. The highest BCUT2D eigenvalue weighted by molar-refractivity contribution is 5.21. The molecule has 0 saturated heterocycles. The number of aliphatic hydroxyl groups excluding tert-OH is 1. The number of hydrogen-bond acceptors (Lipinski definition) is 2. The maximum Gasteiger partial charge on any atom is 0.0580 e. The third-order valence-electron chi connectivity index (χ3n) is 3.48. The molecule has 1 aliphatic carbocycles. The van der Waals surface area contributed by atoms with E-state index < -0.39 is 0 Å². The van der Waals surface area contributed by atoms with Crippen molar-refractivity contribution in [1.29, 1.82) is 0 Å². The van der Waals surface area contributed by atoms with Crippen molar-refractivity contribution >= 4 is 0 Å². The third kappa shape index (κ3) is 3.06. The van der Waals surface area contributed by atoms with E-state index >= 15 is 0 Å². The lowest BCUT2D eigenvalue weighted by Gasteiger charge is -2.15. The minimum Gasteiger partial charge on any atom is -0.393 e. The molecule has 0 heterocycles. The summed E-state index contributed by atoms with van der Waals surface area (Å²) in [5.41, 5.74) is 2.62. The lowest BCUT2D eigenvalue weighted by Crippen LogP contribution is -2.27. The Morgan fingerprint density at radius 3 is 2.62 bits per heavy atom. The fourth-order valence-corrected chi connectivity index (χ4v) is 2.36. The normalized spacial score (nSPS) is 24.9. The van der Waals surface area contributed by atoms with Crippen molar-refractivity contribution in [1.82, 2.24) is 5.32 Å². The van der Waals surface area contributed by atoms with Crippen LogP contribution in [0.3, 0.4) is 0 Å². The molecule has 0 bridgehead atoms. The first-order chi connectivity index (χ1) is 7.75. The monoisotopic (exact) mass is 219 g/mol. The maximum atomic E-state index is 9.68. The summed E-state index contributed by atoms with van der Waals surface area (Å²) in [5.74, 6) is 0.463. The molecule has 2 nitrogen and oxygen atoms in total. The van der Waals surface area contributed by atoms with Gasteiger partial charge in [-0.3, -0.25) is 0 Å². The number of aliphatic hydroxyl groups is 1. The number of hydrogen-bond donors (Lipinski definition) is 2. The quantitative estimate of drug-likeness (QED) is 0.814. The first kappa shape index (κ1) is 11.6. The molecular formula is C14H21NO. The van der Waals surface area contributed by atoms with Gasteiger partial charge in [-0.15, -0.1) is 0 Å². The third-order valence-corrected chi connectivity index (χ3v) is 3.48. The lowest BCUT2D eigenvalue weighted by molar-refractivity contribution is 0.131. The van der Waals surface area contributed by atoms with E-state index in [9.17, 15) is 5.11 Å². The van der Waals surface area contributed by atoms with E-state index in [1.165, 1.54) is 24.0 Å². The standard InChI is InChI=1S/C14H21NO/c1-11-5-7-12(8-6-11)9-15-10-13-3-2-4-14(13)16/h5-8,13-16H,2-4,9-10H2,1H3. The van der Waals surface area contributed by atoms with E-state index in [0.29, 0.717) is 5.92 Å². The Hall–Kier alpha value is -0.860. The van der Waals surface area contributed by atoms with Gasteiger partial charge >= 0.3 is 0 Å². The predicted molar refractivity (Wildman–Crippen MR) is 66.2 cm³/mol. The summed E-state index contributed by atoms with van der Waals surface area (Å²) < 4.78 is 0. The van der Waals surface area contributed by atoms with E-state index in [-0.39, 0.29) is 6.10 Å². The van der Waals surface area contributed by atoms with Crippen LogP contribution in [0.2, 0.25) is 0 Å². The number of nitrogens with one attached hydrogen (secondary N) is 1. The van der Waals surface area contributed by atoms with Gasteiger partial charge in [-0.2, -0.15) is 0 Å². The topological polar surface area (TPSA) is 32.3 Å². The van der Waals surface area contributed by atoms with Gasteiger partial charge in [0.1, 0.15) is 0 Å². The van der Waals surface area contributed by atoms with Crippen LogP contribution in [-0.4, -0.2) is 17.8 Å². The van der Waals surface area contributed by atoms with E-state index in [1.807, 2.05) is 0 Å². The fourth-order valence-electron chi connectivity index (χ4n) is 2.36. The maximum absolute atomic E-state index is 9.68. The van der Waals surface area contributed by atoms with Gasteiger partial charge in [0.2, 0.25) is 0 Å². The van der Waals surface area contributed by atoms with Crippen LogP contribution < -0.4 is 5.32 Å². The SMILES string of the molecule is Cc1ccc(CNCC2CCCC2O)cc1. The van der Waals surface area contributed by atoms with E-state index in [1.54, 1.807) is 0 Å². The van der Waals surface area contributed by atoms with E-state index in [4.69, 9.17) is 0 Å². The number of aryl methyl sites for hydroxylation is 1. The van der Waals surface area contributed by atoms with Gasteiger partial charge in [0.15, 0.2) is 0 Å². The summed E-state index contributed by atoms with van der Waals surface area (Å²) in [6.07, 6.45) is 3.25. The average Bonchev–Trinajstić information content (AvgIpc) is 2.68. The summed E-state index contributed by atoms with van der Waals surface area (Å²) in [7, 11) is 0. The first-order valence-corrected chi connectivity index (χ1v) is 6.20. The molecule has 0 aromatic heterocycles. The van der Waals surface area contributed by atoms with Crippen LogP contribution >= 0.6 is 0 Å². The number of rotatable bonds is 4. The molecule has 2 N–H and O–H groups in total. The molecule has 1 saturated carbocycles. The lowest BCUT2D eigenvalue weighted by atomic mass is 10.1. The van der Waals surface area contributed by atoms with Crippen LogP contribution in [0.1, 0.15) is 30.4 Å². The van der Waals surface area contributed by atoms with Gasteiger partial charge in [0, 0.05) is 13.1 Å². The Morgan fingerprint density at radius 2 is 2.00 bits per heavy atom. The molecule has 2 rings (SSSR count). The highest BCUT2D eigenvalue weighted by Gasteiger charge is 2.24. The van der Waals surface area contributed by atoms with Crippen molar-refractivity contribution in [2.24, 2.45) is 5.92 Å². The van der Waals surface area contributed by atoms with Crippen molar-refractivity contribution in [3.63, 3.8) is 0 Å². The fraction of sp³-hybridized carbons (Fsp3) is 0.571. The van der Waals surface area contributed by atoms with Crippen molar-refractivity contribution in [2.45, 2.75) is 38.8 Å². The molecule has 16 heavy (non-hydrogen) atoms. The summed E-state index contributed by atoms with van der Waals surface area (Å²) in [6, 6.07) is 8.60. The van der Waals surface area contributed by atoms with Crippen LogP contribution in [0.4, 0.5) is 0 Å². The van der Waals surface area contributed by atoms with Crippen molar-refractivity contribution < 1.29 is 5.11 Å². The highest BCUT2D eigenvalue weighted by atomic mass is 16.3. The van der Waals surface area contributed by atoms with Gasteiger partial charge < -0.3 is 10.4 Å². The first-order valence-electron chi connectivity index (χ1n) is 6.20. The van der Waals surface area contributed by atoms with Gasteiger partial charge in [-0.25, -0.2) is 0 Å². The Bertz CT molecular complexity index is 320. The molecule has 1 aliphatic rings. The van der Waals surface area contributed by atoms with Crippen molar-refractivity contribution in [3.8, 4) is 0 Å². The molecule has 1 aromatic carbocycles.